The van der Waals surface area contributed by atoms with Crippen molar-refractivity contribution in [2.45, 2.75) is 24.9 Å². The summed E-state index contributed by atoms with van der Waals surface area (Å²) in [6, 6.07) is 7.30. The zero-order valence-electron chi connectivity index (χ0n) is 11.7. The van der Waals surface area contributed by atoms with Gasteiger partial charge >= 0.3 is 5.97 Å². The zero-order valence-corrected chi connectivity index (χ0v) is 11.7. The number of nitrogens with two attached hydrogens (primary N) is 1. The quantitative estimate of drug-likeness (QED) is 0.503. The molecule has 0 aliphatic heterocycles. The molecule has 2 atom stereocenters. The molecule has 2 amide bonds. The number of carbonyl (C=O) groups excluding carboxylic acids is 2. The van der Waals surface area contributed by atoms with E-state index >= 15 is 0 Å². The van der Waals surface area contributed by atoms with Crippen molar-refractivity contribution < 1.29 is 19.5 Å². The van der Waals surface area contributed by atoms with Crippen molar-refractivity contribution in [3.05, 3.63) is 35.9 Å². The molecule has 7 heteroatoms. The summed E-state index contributed by atoms with van der Waals surface area (Å²) in [4.78, 5) is 34.1. The zero-order chi connectivity index (χ0) is 15.8. The van der Waals surface area contributed by atoms with E-state index in [1.807, 2.05) is 30.3 Å². The molecule has 1 aromatic rings. The number of carbonyl (C=O) groups is 3. The molecule has 0 spiro atoms. The minimum Gasteiger partial charge on any atom is -0.481 e. The predicted molar refractivity (Wildman–Crippen MR) is 76.4 cm³/mol. The van der Waals surface area contributed by atoms with Crippen LogP contribution < -0.4 is 16.4 Å². The fourth-order valence-electron chi connectivity index (χ4n) is 1.85. The van der Waals surface area contributed by atoms with E-state index in [1.165, 1.54) is 7.05 Å². The van der Waals surface area contributed by atoms with E-state index in [2.05, 4.69) is 10.6 Å². The Morgan fingerprint density at radius 1 is 1.19 bits per heavy atom. The molecule has 0 aliphatic rings. The standard InChI is InChI=1S/C14H19N3O4/c1-16-11(8-12(18)19)14(21)17-10(13(15)20)7-9-5-3-2-4-6-9/h2-6,10-11,16H,7-8H2,1H3,(H2,15,20)(H,17,21)(H,18,19)/t10-,11-/m0/s1. The third-order valence-electron chi connectivity index (χ3n) is 2.99. The molecule has 114 valence electrons. The van der Waals surface area contributed by atoms with Crippen LogP contribution in [0.1, 0.15) is 12.0 Å². The summed E-state index contributed by atoms with van der Waals surface area (Å²) in [7, 11) is 1.48. The van der Waals surface area contributed by atoms with Crippen LogP contribution in [0.5, 0.6) is 0 Å². The molecule has 0 heterocycles. The van der Waals surface area contributed by atoms with Gasteiger partial charge in [-0.05, 0) is 12.6 Å². The van der Waals surface area contributed by atoms with Gasteiger partial charge in [0.25, 0.3) is 0 Å². The Labute approximate surface area is 122 Å². The van der Waals surface area contributed by atoms with Crippen molar-refractivity contribution in [1.29, 1.82) is 0 Å². The maximum atomic E-state index is 12.0. The van der Waals surface area contributed by atoms with E-state index in [1.54, 1.807) is 0 Å². The lowest BCUT2D eigenvalue weighted by Gasteiger charge is -2.19. The maximum Gasteiger partial charge on any atom is 0.305 e. The number of benzene rings is 1. The van der Waals surface area contributed by atoms with Crippen molar-refractivity contribution in [1.82, 2.24) is 10.6 Å². The van der Waals surface area contributed by atoms with Crippen molar-refractivity contribution in [3.8, 4) is 0 Å². The highest BCUT2D eigenvalue weighted by Gasteiger charge is 2.25. The molecule has 0 saturated heterocycles. The minimum atomic E-state index is -1.11. The molecular formula is C14H19N3O4. The highest BCUT2D eigenvalue weighted by molar-refractivity contribution is 5.91. The lowest BCUT2D eigenvalue weighted by molar-refractivity contribution is -0.140. The molecule has 0 aliphatic carbocycles. The van der Waals surface area contributed by atoms with Crippen molar-refractivity contribution in [3.63, 3.8) is 0 Å². The number of hydrogen-bond acceptors (Lipinski definition) is 4. The Morgan fingerprint density at radius 3 is 2.29 bits per heavy atom. The molecule has 0 aromatic heterocycles. The topological polar surface area (TPSA) is 122 Å². The van der Waals surface area contributed by atoms with Gasteiger partial charge in [0.2, 0.25) is 11.8 Å². The summed E-state index contributed by atoms with van der Waals surface area (Å²) in [6.45, 7) is 0. The average molecular weight is 293 g/mol. The Hall–Kier alpha value is -2.41. The number of carboxylic acids is 1. The minimum absolute atomic E-state index is 0.255. The first kappa shape index (κ1) is 16.6. The first-order valence-corrected chi connectivity index (χ1v) is 6.46. The van der Waals surface area contributed by atoms with Crippen molar-refractivity contribution in [2.24, 2.45) is 5.73 Å². The summed E-state index contributed by atoms with van der Waals surface area (Å²) in [5, 5.41) is 13.8. The molecular weight excluding hydrogens is 274 g/mol. The van der Waals surface area contributed by atoms with Gasteiger partial charge in [-0.3, -0.25) is 14.4 Å². The van der Waals surface area contributed by atoms with Gasteiger partial charge in [-0.15, -0.1) is 0 Å². The van der Waals surface area contributed by atoms with E-state index in [4.69, 9.17) is 10.8 Å². The first-order chi connectivity index (χ1) is 9.93. The maximum absolute atomic E-state index is 12.0. The summed E-state index contributed by atoms with van der Waals surface area (Å²) in [5.74, 6) is -2.35. The molecule has 0 saturated carbocycles. The number of aliphatic carboxylic acids is 1. The molecule has 7 nitrogen and oxygen atoms in total. The molecule has 1 aromatic carbocycles. The molecule has 0 bridgehead atoms. The van der Waals surface area contributed by atoms with Crippen molar-refractivity contribution >= 4 is 17.8 Å². The second-order valence-corrected chi connectivity index (χ2v) is 4.59. The molecule has 0 unspecified atom stereocenters. The SMILES string of the molecule is CN[C@@H](CC(=O)O)C(=O)N[C@@H](Cc1ccccc1)C(N)=O. The first-order valence-electron chi connectivity index (χ1n) is 6.46. The Balaban J connectivity index is 2.71. The lowest BCUT2D eigenvalue weighted by atomic mass is 10.0. The number of hydrogen-bond donors (Lipinski definition) is 4. The van der Waals surface area contributed by atoms with Crippen LogP contribution in [-0.2, 0) is 20.8 Å². The van der Waals surface area contributed by atoms with Gasteiger partial charge in [-0.2, -0.15) is 0 Å². The summed E-state index contributed by atoms with van der Waals surface area (Å²) in [6.07, 6.45) is -0.120. The summed E-state index contributed by atoms with van der Waals surface area (Å²) in [5.41, 5.74) is 6.13. The van der Waals surface area contributed by atoms with Gasteiger partial charge in [0.15, 0.2) is 0 Å². The number of likely N-dealkylation sites (N-methyl/N-ethyl adjacent to an activating group) is 1. The number of rotatable bonds is 8. The van der Waals surface area contributed by atoms with E-state index < -0.39 is 29.9 Å². The largest absolute Gasteiger partial charge is 0.481 e. The van der Waals surface area contributed by atoms with Crippen molar-refractivity contribution in [2.75, 3.05) is 7.05 Å². The Morgan fingerprint density at radius 2 is 1.81 bits per heavy atom. The molecule has 21 heavy (non-hydrogen) atoms. The molecule has 0 radical (unpaired) electrons. The Kier molecular flexibility index (Phi) is 6.35. The third-order valence-corrected chi connectivity index (χ3v) is 2.99. The van der Waals surface area contributed by atoms with E-state index in [0.717, 1.165) is 5.56 Å². The number of carboxylic acid groups (broad SMARTS) is 1. The van der Waals surface area contributed by atoms with Crippen LogP contribution in [0.3, 0.4) is 0 Å². The van der Waals surface area contributed by atoms with Crippen LogP contribution in [0.4, 0.5) is 0 Å². The van der Waals surface area contributed by atoms with Gasteiger partial charge in [0.05, 0.1) is 12.5 Å². The fourth-order valence-corrected chi connectivity index (χ4v) is 1.85. The molecule has 5 N–H and O–H groups in total. The number of amides is 2. The predicted octanol–water partition coefficient (Wildman–Crippen LogP) is -0.738. The summed E-state index contributed by atoms with van der Waals surface area (Å²) < 4.78 is 0. The summed E-state index contributed by atoms with van der Waals surface area (Å²) >= 11 is 0. The van der Waals surface area contributed by atoms with E-state index in [-0.39, 0.29) is 12.8 Å². The van der Waals surface area contributed by atoms with Gasteiger partial charge in [0.1, 0.15) is 6.04 Å². The van der Waals surface area contributed by atoms with Gasteiger partial charge in [-0.25, -0.2) is 0 Å². The highest BCUT2D eigenvalue weighted by atomic mass is 16.4. The van der Waals surface area contributed by atoms with Gasteiger partial charge < -0.3 is 21.5 Å². The van der Waals surface area contributed by atoms with Gasteiger partial charge in [-0.1, -0.05) is 30.3 Å². The molecule has 1 rings (SSSR count). The number of nitrogens with one attached hydrogen (secondary N) is 2. The average Bonchev–Trinajstić information content (AvgIpc) is 2.44. The van der Waals surface area contributed by atoms with Crippen LogP contribution in [0.15, 0.2) is 30.3 Å². The van der Waals surface area contributed by atoms with Crippen LogP contribution in [0.25, 0.3) is 0 Å². The third kappa shape index (κ3) is 5.62. The smallest absolute Gasteiger partial charge is 0.305 e. The number of primary amides is 1. The second kappa shape index (κ2) is 8.01. The Bertz CT molecular complexity index is 504. The van der Waals surface area contributed by atoms with Crippen LogP contribution >= 0.6 is 0 Å². The van der Waals surface area contributed by atoms with Gasteiger partial charge in [0, 0.05) is 6.42 Å². The lowest BCUT2D eigenvalue weighted by Crippen LogP contribution is -2.52. The van der Waals surface area contributed by atoms with E-state index in [0.29, 0.717) is 0 Å². The van der Waals surface area contributed by atoms with Crippen LogP contribution in [0.2, 0.25) is 0 Å². The normalized spacial score (nSPS) is 13.2. The monoisotopic (exact) mass is 293 g/mol. The molecule has 0 fully saturated rings. The highest BCUT2D eigenvalue weighted by Crippen LogP contribution is 2.04. The second-order valence-electron chi connectivity index (χ2n) is 4.59. The van der Waals surface area contributed by atoms with E-state index in [9.17, 15) is 14.4 Å². The fraction of sp³-hybridized carbons (Fsp3) is 0.357. The van der Waals surface area contributed by atoms with Crippen LogP contribution in [-0.4, -0.2) is 42.0 Å². The van der Waals surface area contributed by atoms with Crippen LogP contribution in [0, 0.1) is 0 Å².